The number of aliphatic hydroxyl groups is 1. The molecule has 0 spiro atoms. The minimum absolute atomic E-state index is 0.194. The van der Waals surface area contributed by atoms with Crippen molar-refractivity contribution in [3.63, 3.8) is 0 Å². The minimum atomic E-state index is -3.49. The van der Waals surface area contributed by atoms with E-state index >= 15 is 0 Å². The first-order chi connectivity index (χ1) is 9.45. The molecule has 1 fully saturated rings. The number of halogens is 1. The van der Waals surface area contributed by atoms with Gasteiger partial charge in [0.2, 0.25) is 10.0 Å². The van der Waals surface area contributed by atoms with Crippen LogP contribution >= 0.6 is 11.6 Å². The second-order valence-electron chi connectivity index (χ2n) is 5.35. The molecule has 1 unspecified atom stereocenters. The third-order valence-electron chi connectivity index (χ3n) is 3.81. The van der Waals surface area contributed by atoms with Gasteiger partial charge in [-0.15, -0.1) is 0 Å². The maximum absolute atomic E-state index is 12.6. The van der Waals surface area contributed by atoms with Crippen LogP contribution < -0.4 is 0 Å². The molecule has 1 atom stereocenters. The van der Waals surface area contributed by atoms with Gasteiger partial charge >= 0.3 is 0 Å². The lowest BCUT2D eigenvalue weighted by molar-refractivity contribution is 0.282. The molecule has 1 aliphatic heterocycles. The van der Waals surface area contributed by atoms with Crippen molar-refractivity contribution in [2.24, 2.45) is 5.92 Å². The van der Waals surface area contributed by atoms with Gasteiger partial charge in [-0.25, -0.2) is 8.42 Å². The summed E-state index contributed by atoms with van der Waals surface area (Å²) < 4.78 is 26.7. The van der Waals surface area contributed by atoms with E-state index < -0.39 is 10.0 Å². The Morgan fingerprint density at radius 3 is 2.75 bits per heavy atom. The van der Waals surface area contributed by atoms with Crippen LogP contribution in [0.5, 0.6) is 0 Å². The molecule has 20 heavy (non-hydrogen) atoms. The Balaban J connectivity index is 2.27. The van der Waals surface area contributed by atoms with Gasteiger partial charge < -0.3 is 5.11 Å². The summed E-state index contributed by atoms with van der Waals surface area (Å²) in [6, 6.07) is 4.51. The summed E-state index contributed by atoms with van der Waals surface area (Å²) in [4.78, 5) is 0.203. The maximum Gasteiger partial charge on any atom is 0.243 e. The molecular weight excluding hydrogens is 298 g/mol. The van der Waals surface area contributed by atoms with Crippen molar-refractivity contribution in [2.45, 2.75) is 37.7 Å². The average Bonchev–Trinajstić information content (AvgIpc) is 2.63. The molecule has 0 saturated carbocycles. The van der Waals surface area contributed by atoms with Crippen LogP contribution in [0.3, 0.4) is 0 Å². The number of aliphatic hydroxyl groups excluding tert-OH is 1. The van der Waals surface area contributed by atoms with Gasteiger partial charge in [0.25, 0.3) is 0 Å². The van der Waals surface area contributed by atoms with Crippen molar-refractivity contribution in [1.82, 2.24) is 4.31 Å². The third-order valence-corrected chi connectivity index (χ3v) is 6.05. The molecule has 0 amide bonds. The zero-order chi connectivity index (χ0) is 14.8. The lowest BCUT2D eigenvalue weighted by Crippen LogP contribution is -2.32. The largest absolute Gasteiger partial charge is 0.392 e. The molecule has 1 N–H and O–H groups in total. The fourth-order valence-corrected chi connectivity index (χ4v) is 4.27. The van der Waals surface area contributed by atoms with Crippen molar-refractivity contribution >= 4 is 21.6 Å². The summed E-state index contributed by atoms with van der Waals surface area (Å²) in [7, 11) is -3.49. The van der Waals surface area contributed by atoms with Gasteiger partial charge in [-0.05, 0) is 42.9 Å². The highest BCUT2D eigenvalue weighted by Crippen LogP contribution is 2.26. The molecule has 1 heterocycles. The third kappa shape index (κ3) is 3.34. The van der Waals surface area contributed by atoms with Crippen LogP contribution in [0.25, 0.3) is 0 Å². The normalized spacial score (nSPS) is 21.6. The van der Waals surface area contributed by atoms with Crippen molar-refractivity contribution in [2.75, 3.05) is 13.1 Å². The molecular formula is C14H20ClNO3S. The van der Waals surface area contributed by atoms with Gasteiger partial charge in [-0.2, -0.15) is 4.31 Å². The van der Waals surface area contributed by atoms with Crippen LogP contribution in [0, 0.1) is 5.92 Å². The molecule has 1 aromatic rings. The van der Waals surface area contributed by atoms with Crippen molar-refractivity contribution < 1.29 is 13.5 Å². The summed E-state index contributed by atoms with van der Waals surface area (Å²) in [5.41, 5.74) is 0.537. The van der Waals surface area contributed by atoms with E-state index in [-0.39, 0.29) is 16.5 Å². The molecule has 0 aromatic heterocycles. The zero-order valence-corrected chi connectivity index (χ0v) is 13.1. The molecule has 0 aliphatic carbocycles. The van der Waals surface area contributed by atoms with E-state index in [2.05, 4.69) is 6.92 Å². The van der Waals surface area contributed by atoms with Crippen molar-refractivity contribution in [3.05, 3.63) is 28.8 Å². The Hall–Kier alpha value is -0.620. The molecule has 0 bridgehead atoms. The predicted octanol–water partition coefficient (Wildman–Crippen LogP) is 2.64. The summed E-state index contributed by atoms with van der Waals surface area (Å²) in [6.45, 7) is 3.08. The van der Waals surface area contributed by atoms with E-state index in [4.69, 9.17) is 16.7 Å². The van der Waals surface area contributed by atoms with Crippen molar-refractivity contribution in [3.8, 4) is 0 Å². The molecule has 6 heteroatoms. The van der Waals surface area contributed by atoms with Crippen molar-refractivity contribution in [1.29, 1.82) is 0 Å². The van der Waals surface area contributed by atoms with E-state index in [0.717, 1.165) is 19.3 Å². The van der Waals surface area contributed by atoms with E-state index in [1.807, 2.05) is 0 Å². The molecule has 1 aromatic carbocycles. The van der Waals surface area contributed by atoms with Gasteiger partial charge in [-0.3, -0.25) is 0 Å². The van der Waals surface area contributed by atoms with Gasteiger partial charge in [0.1, 0.15) is 0 Å². The summed E-state index contributed by atoms with van der Waals surface area (Å²) in [5.74, 6) is 0.565. The topological polar surface area (TPSA) is 57.6 Å². The highest BCUT2D eigenvalue weighted by molar-refractivity contribution is 7.89. The number of benzene rings is 1. The fraction of sp³-hybridized carbons (Fsp3) is 0.571. The Morgan fingerprint density at radius 2 is 2.10 bits per heavy atom. The maximum atomic E-state index is 12.6. The highest BCUT2D eigenvalue weighted by atomic mass is 35.5. The van der Waals surface area contributed by atoms with E-state index in [1.54, 1.807) is 10.4 Å². The SMILES string of the molecule is CC1CCCN(S(=O)(=O)c2ccc(CO)c(Cl)c2)CC1. The smallest absolute Gasteiger partial charge is 0.243 e. The molecule has 1 aliphatic rings. The van der Waals surface area contributed by atoms with E-state index in [1.165, 1.54) is 12.1 Å². The number of nitrogens with zero attached hydrogens (tertiary/aromatic N) is 1. The number of sulfonamides is 1. The molecule has 112 valence electrons. The monoisotopic (exact) mass is 317 g/mol. The first kappa shape index (κ1) is 15.8. The molecule has 2 rings (SSSR count). The quantitative estimate of drug-likeness (QED) is 0.932. The highest BCUT2D eigenvalue weighted by Gasteiger charge is 2.27. The summed E-state index contributed by atoms with van der Waals surface area (Å²) in [6.07, 6.45) is 2.85. The summed E-state index contributed by atoms with van der Waals surface area (Å²) in [5, 5.41) is 9.37. The average molecular weight is 318 g/mol. The van der Waals surface area contributed by atoms with Crippen LogP contribution in [-0.2, 0) is 16.6 Å². The van der Waals surface area contributed by atoms with Gasteiger partial charge in [0.15, 0.2) is 0 Å². The summed E-state index contributed by atoms with van der Waals surface area (Å²) >= 11 is 5.99. The van der Waals surface area contributed by atoms with Crippen LogP contribution in [-0.4, -0.2) is 30.9 Å². The van der Waals surface area contributed by atoms with Crippen LogP contribution in [0.1, 0.15) is 31.7 Å². The van der Waals surface area contributed by atoms with Gasteiger partial charge in [-0.1, -0.05) is 24.6 Å². The van der Waals surface area contributed by atoms with E-state index in [0.29, 0.717) is 24.6 Å². The standard InChI is InChI=1S/C14H20ClNO3S/c1-11-3-2-7-16(8-6-11)20(18,19)13-5-4-12(10-17)14(15)9-13/h4-5,9,11,17H,2-3,6-8,10H2,1H3. The first-order valence-electron chi connectivity index (χ1n) is 6.84. The Kier molecular flexibility index (Phi) is 5.07. The van der Waals surface area contributed by atoms with E-state index in [9.17, 15) is 8.42 Å². The minimum Gasteiger partial charge on any atom is -0.392 e. The van der Waals surface area contributed by atoms with Crippen LogP contribution in [0.15, 0.2) is 23.1 Å². The Labute approximate surface area is 125 Å². The number of hydrogen-bond donors (Lipinski definition) is 1. The number of hydrogen-bond acceptors (Lipinski definition) is 3. The zero-order valence-electron chi connectivity index (χ0n) is 11.5. The van der Waals surface area contributed by atoms with Crippen LogP contribution in [0.4, 0.5) is 0 Å². The second-order valence-corrected chi connectivity index (χ2v) is 7.70. The fourth-order valence-electron chi connectivity index (χ4n) is 2.44. The predicted molar refractivity (Wildman–Crippen MR) is 79.1 cm³/mol. The molecule has 4 nitrogen and oxygen atoms in total. The first-order valence-corrected chi connectivity index (χ1v) is 8.66. The number of rotatable bonds is 3. The van der Waals surface area contributed by atoms with Gasteiger partial charge in [0, 0.05) is 18.1 Å². The van der Waals surface area contributed by atoms with Gasteiger partial charge in [0.05, 0.1) is 11.5 Å². The Bertz CT molecular complexity index is 574. The second kappa shape index (κ2) is 6.43. The lowest BCUT2D eigenvalue weighted by atomic mass is 10.0. The lowest BCUT2D eigenvalue weighted by Gasteiger charge is -2.20. The Morgan fingerprint density at radius 1 is 1.35 bits per heavy atom. The van der Waals surface area contributed by atoms with Crippen LogP contribution in [0.2, 0.25) is 5.02 Å². The molecule has 0 radical (unpaired) electrons. The molecule has 1 saturated heterocycles.